The van der Waals surface area contributed by atoms with Gasteiger partial charge in [-0.25, -0.2) is 4.39 Å². The number of aldehydes is 1. The number of carbonyl (C=O) groups excluding carboxylic acids is 2. The van der Waals surface area contributed by atoms with Gasteiger partial charge < -0.3 is 9.64 Å². The molecule has 1 saturated carbocycles. The Labute approximate surface area is 201 Å². The zero-order chi connectivity index (χ0) is 24.1. The van der Waals surface area contributed by atoms with Crippen LogP contribution in [0.3, 0.4) is 0 Å². The van der Waals surface area contributed by atoms with Gasteiger partial charge in [0.05, 0.1) is 13.2 Å². The van der Waals surface area contributed by atoms with Crippen molar-refractivity contribution in [3.05, 3.63) is 52.8 Å². The number of hydrogen-bond donors (Lipinski definition) is 0. The van der Waals surface area contributed by atoms with E-state index in [0.29, 0.717) is 29.7 Å². The van der Waals surface area contributed by atoms with Gasteiger partial charge in [0.25, 0.3) is 0 Å². The Bertz CT molecular complexity index is 1030. The van der Waals surface area contributed by atoms with Crippen LogP contribution in [0.15, 0.2) is 30.3 Å². The molecule has 1 amide bonds. The highest BCUT2D eigenvalue weighted by atomic mass is 19.1. The summed E-state index contributed by atoms with van der Waals surface area (Å²) in [6.45, 7) is 8.93. The van der Waals surface area contributed by atoms with Gasteiger partial charge in [-0.15, -0.1) is 0 Å². The van der Waals surface area contributed by atoms with Crippen LogP contribution in [0.25, 0.3) is 11.1 Å². The first-order chi connectivity index (χ1) is 16.5. The maximum Gasteiger partial charge on any atom is 0.230 e. The molecular weight excluding hydrogens is 431 g/mol. The lowest BCUT2D eigenvalue weighted by Gasteiger charge is -2.26. The van der Waals surface area contributed by atoms with Crippen molar-refractivity contribution in [1.82, 2.24) is 4.90 Å². The molecule has 1 saturated heterocycles. The summed E-state index contributed by atoms with van der Waals surface area (Å²) in [5.74, 6) is -0.0269. The van der Waals surface area contributed by atoms with Crippen LogP contribution in [-0.2, 0) is 16.0 Å². The van der Waals surface area contributed by atoms with Gasteiger partial charge in [-0.3, -0.25) is 14.5 Å². The van der Waals surface area contributed by atoms with E-state index in [4.69, 9.17) is 4.74 Å². The molecular formula is C28H35FN2O3. The van der Waals surface area contributed by atoms with E-state index in [0.717, 1.165) is 81.6 Å². The average molecular weight is 467 g/mol. The Hall–Kier alpha value is -2.57. The van der Waals surface area contributed by atoms with Crippen LogP contribution in [0.1, 0.15) is 54.1 Å². The Kier molecular flexibility index (Phi) is 8.11. The lowest BCUT2D eigenvalue weighted by molar-refractivity contribution is -0.119. The molecule has 0 N–H and O–H groups in total. The second-order valence-electron chi connectivity index (χ2n) is 9.40. The van der Waals surface area contributed by atoms with E-state index >= 15 is 0 Å². The highest BCUT2D eigenvalue weighted by Crippen LogP contribution is 2.36. The van der Waals surface area contributed by atoms with Crippen molar-refractivity contribution >= 4 is 17.9 Å². The number of hydrogen-bond acceptors (Lipinski definition) is 4. The van der Waals surface area contributed by atoms with Gasteiger partial charge in [0.2, 0.25) is 5.91 Å². The number of carbonyl (C=O) groups is 2. The van der Waals surface area contributed by atoms with Gasteiger partial charge in [-0.05, 0) is 92.9 Å². The lowest BCUT2D eigenvalue weighted by atomic mass is 9.96. The van der Waals surface area contributed by atoms with Crippen molar-refractivity contribution < 1.29 is 18.7 Å². The zero-order valence-corrected chi connectivity index (χ0v) is 20.3. The predicted octanol–water partition coefficient (Wildman–Crippen LogP) is 5.03. The average Bonchev–Trinajstić information content (AvgIpc) is 3.70. The summed E-state index contributed by atoms with van der Waals surface area (Å²) < 4.78 is 20.4. The second-order valence-corrected chi connectivity index (χ2v) is 9.40. The van der Waals surface area contributed by atoms with Gasteiger partial charge in [-0.1, -0.05) is 12.1 Å². The van der Waals surface area contributed by atoms with Crippen LogP contribution >= 0.6 is 0 Å². The number of rotatable bonds is 10. The van der Waals surface area contributed by atoms with Gasteiger partial charge in [0, 0.05) is 36.8 Å². The third-order valence-electron chi connectivity index (χ3n) is 7.01. The van der Waals surface area contributed by atoms with E-state index < -0.39 is 0 Å². The van der Waals surface area contributed by atoms with Crippen LogP contribution < -0.4 is 4.90 Å². The smallest absolute Gasteiger partial charge is 0.230 e. The maximum atomic E-state index is 15.0. The molecule has 1 heterocycles. The van der Waals surface area contributed by atoms with Crippen LogP contribution in [0.2, 0.25) is 0 Å². The summed E-state index contributed by atoms with van der Waals surface area (Å²) in [5.41, 5.74) is 4.24. The fraction of sp³-hybridized carbons (Fsp3) is 0.500. The molecule has 0 radical (unpaired) electrons. The monoisotopic (exact) mass is 466 g/mol. The SMILES string of the molecule is CCN(C(=O)C1CC1)c1cc(-c2ccc(CCCCN3CCOCC3)c(F)c2)cc(C=O)c1C. The minimum absolute atomic E-state index is 0.0858. The van der Waals surface area contributed by atoms with Crippen molar-refractivity contribution in [1.29, 1.82) is 0 Å². The highest BCUT2D eigenvalue weighted by Gasteiger charge is 2.34. The van der Waals surface area contributed by atoms with E-state index in [2.05, 4.69) is 4.90 Å². The number of anilines is 1. The normalized spacial score (nSPS) is 16.4. The number of nitrogens with zero attached hydrogens (tertiary/aromatic N) is 2. The Balaban J connectivity index is 1.49. The number of benzene rings is 2. The topological polar surface area (TPSA) is 49.9 Å². The molecule has 182 valence electrons. The zero-order valence-electron chi connectivity index (χ0n) is 20.3. The molecule has 2 aromatic rings. The fourth-order valence-corrected chi connectivity index (χ4v) is 4.69. The number of ether oxygens (including phenoxy) is 1. The molecule has 0 spiro atoms. The molecule has 2 fully saturated rings. The number of amides is 1. The predicted molar refractivity (Wildman–Crippen MR) is 133 cm³/mol. The minimum Gasteiger partial charge on any atom is -0.379 e. The summed E-state index contributed by atoms with van der Waals surface area (Å²) in [4.78, 5) is 28.8. The van der Waals surface area contributed by atoms with Gasteiger partial charge >= 0.3 is 0 Å². The summed E-state index contributed by atoms with van der Waals surface area (Å²) in [7, 11) is 0. The molecule has 0 aromatic heterocycles. The second kappa shape index (κ2) is 11.2. The molecule has 2 aromatic carbocycles. The summed E-state index contributed by atoms with van der Waals surface area (Å²) >= 11 is 0. The van der Waals surface area contributed by atoms with E-state index in [1.165, 1.54) is 0 Å². The number of aryl methyl sites for hydroxylation is 1. The summed E-state index contributed by atoms with van der Waals surface area (Å²) in [5, 5.41) is 0. The molecule has 4 rings (SSSR count). The van der Waals surface area contributed by atoms with Crippen molar-refractivity contribution in [2.45, 2.75) is 46.0 Å². The number of halogens is 1. The minimum atomic E-state index is -0.222. The van der Waals surface area contributed by atoms with E-state index in [-0.39, 0.29) is 17.6 Å². The lowest BCUT2D eigenvalue weighted by Crippen LogP contribution is -2.36. The number of unbranched alkanes of at least 4 members (excludes halogenated alkanes) is 1. The molecule has 0 bridgehead atoms. The molecule has 0 unspecified atom stereocenters. The first kappa shape index (κ1) is 24.6. The van der Waals surface area contributed by atoms with E-state index in [9.17, 15) is 14.0 Å². The molecule has 1 aliphatic heterocycles. The Morgan fingerprint density at radius 1 is 1.15 bits per heavy atom. The third kappa shape index (κ3) is 5.73. The quantitative estimate of drug-likeness (QED) is 0.364. The van der Waals surface area contributed by atoms with E-state index in [1.54, 1.807) is 17.0 Å². The molecule has 0 atom stereocenters. The van der Waals surface area contributed by atoms with Gasteiger partial charge in [-0.2, -0.15) is 0 Å². The molecule has 6 heteroatoms. The van der Waals surface area contributed by atoms with Crippen LogP contribution in [0, 0.1) is 18.7 Å². The van der Waals surface area contributed by atoms with E-state index in [1.807, 2.05) is 32.0 Å². The van der Waals surface area contributed by atoms with Gasteiger partial charge in [0.1, 0.15) is 12.1 Å². The first-order valence-electron chi connectivity index (χ1n) is 12.5. The van der Waals surface area contributed by atoms with Crippen molar-refractivity contribution in [3.63, 3.8) is 0 Å². The highest BCUT2D eigenvalue weighted by molar-refractivity contribution is 5.99. The Morgan fingerprint density at radius 2 is 1.91 bits per heavy atom. The summed E-state index contributed by atoms with van der Waals surface area (Å²) in [6.07, 6.45) is 5.34. The molecule has 34 heavy (non-hydrogen) atoms. The van der Waals surface area contributed by atoms with Crippen molar-refractivity contribution in [2.24, 2.45) is 5.92 Å². The largest absolute Gasteiger partial charge is 0.379 e. The fourth-order valence-electron chi connectivity index (χ4n) is 4.69. The van der Waals surface area contributed by atoms with Crippen LogP contribution in [0.5, 0.6) is 0 Å². The molecule has 5 nitrogen and oxygen atoms in total. The van der Waals surface area contributed by atoms with Crippen LogP contribution in [0.4, 0.5) is 10.1 Å². The van der Waals surface area contributed by atoms with Gasteiger partial charge in [0.15, 0.2) is 0 Å². The Morgan fingerprint density at radius 3 is 2.56 bits per heavy atom. The summed E-state index contributed by atoms with van der Waals surface area (Å²) in [6, 6.07) is 9.04. The van der Waals surface area contributed by atoms with Crippen molar-refractivity contribution in [2.75, 3.05) is 44.3 Å². The standard InChI is InChI=1S/C28H35FN2O3/c1-3-31(28(33)22-8-9-22)27-18-24(16-25(19-32)20(27)2)23-10-7-21(26(29)17-23)6-4-5-11-30-12-14-34-15-13-30/h7,10,16-19,22H,3-6,8-9,11-15H2,1-2H3. The van der Waals surface area contributed by atoms with Crippen molar-refractivity contribution in [3.8, 4) is 11.1 Å². The van der Waals surface area contributed by atoms with Crippen LogP contribution in [-0.4, -0.2) is 56.5 Å². The number of morpholine rings is 1. The first-order valence-corrected chi connectivity index (χ1v) is 12.5. The third-order valence-corrected chi connectivity index (χ3v) is 7.01. The molecule has 2 aliphatic rings. The molecule has 1 aliphatic carbocycles. The maximum absolute atomic E-state index is 15.0.